The summed E-state index contributed by atoms with van der Waals surface area (Å²) in [5.74, 6) is 0.341. The standard InChI is InChI=1S/C17H15FN2O/c1-10-2-6-15-14(8-10)19-17(20(15)12-4-5-12)13-9-11(18)3-7-16(13)21/h2-3,6-9,12,21H,4-5H2,1H3. The van der Waals surface area contributed by atoms with E-state index in [1.807, 2.05) is 13.0 Å². The van der Waals surface area contributed by atoms with Crippen molar-refractivity contribution in [1.82, 2.24) is 9.55 Å². The third kappa shape index (κ3) is 1.98. The molecule has 0 amide bonds. The molecule has 4 heteroatoms. The van der Waals surface area contributed by atoms with Crippen LogP contribution in [0, 0.1) is 12.7 Å². The Balaban J connectivity index is 2.03. The SMILES string of the molecule is Cc1ccc2c(c1)nc(-c1cc(F)ccc1O)n2C1CC1. The highest BCUT2D eigenvalue weighted by atomic mass is 19.1. The van der Waals surface area contributed by atoms with Gasteiger partial charge in [0.25, 0.3) is 0 Å². The minimum Gasteiger partial charge on any atom is -0.507 e. The number of hydrogen-bond acceptors (Lipinski definition) is 2. The number of imidazole rings is 1. The highest BCUT2D eigenvalue weighted by Crippen LogP contribution is 2.42. The molecule has 4 rings (SSSR count). The van der Waals surface area contributed by atoms with Gasteiger partial charge in [0.15, 0.2) is 0 Å². The summed E-state index contributed by atoms with van der Waals surface area (Å²) < 4.78 is 15.7. The van der Waals surface area contributed by atoms with E-state index in [9.17, 15) is 9.50 Å². The van der Waals surface area contributed by atoms with Gasteiger partial charge in [0.2, 0.25) is 0 Å². The number of hydrogen-bond donors (Lipinski definition) is 1. The Morgan fingerprint density at radius 2 is 2.00 bits per heavy atom. The zero-order chi connectivity index (χ0) is 14.6. The molecule has 1 heterocycles. The average Bonchev–Trinajstić information content (AvgIpc) is 3.22. The average molecular weight is 282 g/mol. The van der Waals surface area contributed by atoms with E-state index in [0.717, 1.165) is 29.4 Å². The first-order valence-electron chi connectivity index (χ1n) is 7.11. The molecule has 3 nitrogen and oxygen atoms in total. The summed E-state index contributed by atoms with van der Waals surface area (Å²) in [5, 5.41) is 10.1. The highest BCUT2D eigenvalue weighted by molar-refractivity contribution is 5.83. The van der Waals surface area contributed by atoms with E-state index in [1.54, 1.807) is 0 Å². The van der Waals surface area contributed by atoms with Crippen LogP contribution in [0.15, 0.2) is 36.4 Å². The molecule has 1 aliphatic rings. The molecular formula is C17H15FN2O. The van der Waals surface area contributed by atoms with Crippen molar-refractivity contribution >= 4 is 11.0 Å². The van der Waals surface area contributed by atoms with Gasteiger partial charge in [0.1, 0.15) is 17.4 Å². The van der Waals surface area contributed by atoms with Gasteiger partial charge in [0, 0.05) is 6.04 Å². The van der Waals surface area contributed by atoms with Gasteiger partial charge in [-0.2, -0.15) is 0 Å². The van der Waals surface area contributed by atoms with Crippen LogP contribution in [0.3, 0.4) is 0 Å². The fourth-order valence-electron chi connectivity index (χ4n) is 2.79. The molecule has 0 radical (unpaired) electrons. The van der Waals surface area contributed by atoms with Crippen LogP contribution in [0.5, 0.6) is 5.75 Å². The molecule has 21 heavy (non-hydrogen) atoms. The number of phenolic OH excluding ortho intramolecular Hbond substituents is 1. The summed E-state index contributed by atoms with van der Waals surface area (Å²) in [7, 11) is 0. The van der Waals surface area contributed by atoms with E-state index in [2.05, 4.69) is 21.7 Å². The smallest absolute Gasteiger partial charge is 0.145 e. The van der Waals surface area contributed by atoms with Gasteiger partial charge in [-0.1, -0.05) is 6.07 Å². The lowest BCUT2D eigenvalue weighted by molar-refractivity contribution is 0.474. The van der Waals surface area contributed by atoms with Gasteiger partial charge in [-0.25, -0.2) is 9.37 Å². The number of aromatic nitrogens is 2. The maximum Gasteiger partial charge on any atom is 0.145 e. The van der Waals surface area contributed by atoms with E-state index >= 15 is 0 Å². The highest BCUT2D eigenvalue weighted by Gasteiger charge is 2.29. The van der Waals surface area contributed by atoms with Gasteiger partial charge in [-0.3, -0.25) is 0 Å². The topological polar surface area (TPSA) is 38.1 Å². The summed E-state index contributed by atoms with van der Waals surface area (Å²) >= 11 is 0. The molecule has 0 spiro atoms. The van der Waals surface area contributed by atoms with Gasteiger partial charge in [-0.15, -0.1) is 0 Å². The zero-order valence-corrected chi connectivity index (χ0v) is 11.7. The van der Waals surface area contributed by atoms with E-state index in [4.69, 9.17) is 0 Å². The molecule has 0 aliphatic heterocycles. The summed E-state index contributed by atoms with van der Waals surface area (Å²) in [6.45, 7) is 2.02. The first-order chi connectivity index (χ1) is 10.1. The molecule has 3 aromatic rings. The second-order valence-corrected chi connectivity index (χ2v) is 5.69. The molecule has 106 valence electrons. The van der Waals surface area contributed by atoms with E-state index in [1.165, 1.54) is 18.2 Å². The van der Waals surface area contributed by atoms with Crippen LogP contribution in [0.4, 0.5) is 4.39 Å². The van der Waals surface area contributed by atoms with Gasteiger partial charge >= 0.3 is 0 Å². The van der Waals surface area contributed by atoms with Crippen molar-refractivity contribution < 1.29 is 9.50 Å². The van der Waals surface area contributed by atoms with Gasteiger partial charge < -0.3 is 9.67 Å². The summed E-state index contributed by atoms with van der Waals surface area (Å²) in [4.78, 5) is 4.64. The predicted molar refractivity (Wildman–Crippen MR) is 79.8 cm³/mol. The molecule has 0 saturated heterocycles. The van der Waals surface area contributed by atoms with E-state index in [0.29, 0.717) is 17.4 Å². The Kier molecular flexibility index (Phi) is 2.55. The first-order valence-corrected chi connectivity index (χ1v) is 7.11. The number of aromatic hydroxyl groups is 1. The van der Waals surface area contributed by atoms with Crippen molar-refractivity contribution in [1.29, 1.82) is 0 Å². The fraction of sp³-hybridized carbons (Fsp3) is 0.235. The monoisotopic (exact) mass is 282 g/mol. The number of aryl methyl sites for hydroxylation is 1. The number of fused-ring (bicyclic) bond motifs is 1. The summed E-state index contributed by atoms with van der Waals surface area (Å²) in [6, 6.07) is 10.5. The van der Waals surface area contributed by atoms with E-state index < -0.39 is 0 Å². The van der Waals surface area contributed by atoms with Crippen LogP contribution in [0.1, 0.15) is 24.4 Å². The Hall–Kier alpha value is -2.36. The molecule has 1 N–H and O–H groups in total. The van der Waals surface area contributed by atoms with Crippen LogP contribution in [-0.4, -0.2) is 14.7 Å². The summed E-state index contributed by atoms with van der Waals surface area (Å²) in [5.41, 5.74) is 3.52. The molecule has 1 fully saturated rings. The Morgan fingerprint density at radius 3 is 2.76 bits per heavy atom. The van der Waals surface area contributed by atoms with Crippen LogP contribution in [0.2, 0.25) is 0 Å². The Bertz CT molecular complexity index is 849. The van der Waals surface area contributed by atoms with Crippen molar-refractivity contribution in [3.63, 3.8) is 0 Å². The third-order valence-electron chi connectivity index (χ3n) is 3.96. The van der Waals surface area contributed by atoms with Crippen molar-refractivity contribution in [3.05, 3.63) is 47.8 Å². The largest absolute Gasteiger partial charge is 0.507 e. The lowest BCUT2D eigenvalue weighted by Crippen LogP contribution is -1.98. The second kappa shape index (κ2) is 4.32. The van der Waals surface area contributed by atoms with Gasteiger partial charge in [0.05, 0.1) is 16.6 Å². The number of nitrogens with zero attached hydrogens (tertiary/aromatic N) is 2. The molecular weight excluding hydrogens is 267 g/mol. The molecule has 2 aromatic carbocycles. The molecule has 0 atom stereocenters. The number of phenols is 1. The predicted octanol–water partition coefficient (Wildman–Crippen LogP) is 4.19. The molecule has 1 aromatic heterocycles. The molecule has 0 unspecified atom stereocenters. The number of rotatable bonds is 2. The maximum atomic E-state index is 13.6. The quantitative estimate of drug-likeness (QED) is 0.765. The van der Waals surface area contributed by atoms with Crippen molar-refractivity contribution in [2.24, 2.45) is 0 Å². The normalized spacial score (nSPS) is 14.8. The fourth-order valence-corrected chi connectivity index (χ4v) is 2.79. The van der Waals surface area contributed by atoms with Crippen LogP contribution in [0.25, 0.3) is 22.4 Å². The second-order valence-electron chi connectivity index (χ2n) is 5.69. The van der Waals surface area contributed by atoms with Gasteiger partial charge in [-0.05, 0) is 55.7 Å². The zero-order valence-electron chi connectivity index (χ0n) is 11.7. The number of halogens is 1. The first kappa shape index (κ1) is 12.4. The van der Waals surface area contributed by atoms with Crippen molar-refractivity contribution in [3.8, 4) is 17.1 Å². The van der Waals surface area contributed by atoms with Crippen LogP contribution >= 0.6 is 0 Å². The Labute approximate surface area is 121 Å². The minimum atomic E-state index is -0.367. The van der Waals surface area contributed by atoms with E-state index in [-0.39, 0.29) is 11.6 Å². The Morgan fingerprint density at radius 1 is 1.19 bits per heavy atom. The lowest BCUT2D eigenvalue weighted by atomic mass is 10.2. The van der Waals surface area contributed by atoms with Crippen LogP contribution in [-0.2, 0) is 0 Å². The van der Waals surface area contributed by atoms with Crippen LogP contribution < -0.4 is 0 Å². The molecule has 0 bridgehead atoms. The third-order valence-corrected chi connectivity index (χ3v) is 3.96. The maximum absolute atomic E-state index is 13.6. The molecule has 1 saturated carbocycles. The lowest BCUT2D eigenvalue weighted by Gasteiger charge is -2.09. The summed E-state index contributed by atoms with van der Waals surface area (Å²) in [6.07, 6.45) is 2.20. The van der Waals surface area contributed by atoms with Crippen molar-refractivity contribution in [2.75, 3.05) is 0 Å². The molecule has 1 aliphatic carbocycles. The van der Waals surface area contributed by atoms with Crippen molar-refractivity contribution in [2.45, 2.75) is 25.8 Å². The number of benzene rings is 2. The minimum absolute atomic E-state index is 0.0605.